The van der Waals surface area contributed by atoms with Crippen molar-refractivity contribution in [2.45, 2.75) is 37.6 Å². The summed E-state index contributed by atoms with van der Waals surface area (Å²) >= 11 is 0. The number of nitrogens with one attached hydrogen (secondary N) is 2. The van der Waals surface area contributed by atoms with E-state index in [1.807, 2.05) is 0 Å². The van der Waals surface area contributed by atoms with Gasteiger partial charge in [0.15, 0.2) is 0 Å². The van der Waals surface area contributed by atoms with E-state index in [0.717, 1.165) is 0 Å². The predicted molar refractivity (Wildman–Crippen MR) is 112 cm³/mol. The van der Waals surface area contributed by atoms with Crippen LogP contribution < -0.4 is 26.2 Å². The average molecular weight is 481 g/mol. The van der Waals surface area contributed by atoms with Crippen LogP contribution >= 0.6 is 0 Å². The molecule has 12 nitrogen and oxygen atoms in total. The molecule has 0 aliphatic heterocycles. The average Bonchev–Trinajstić information content (AvgIpc) is 2.59. The van der Waals surface area contributed by atoms with Crippen LogP contribution in [0, 0.1) is 13.8 Å². The minimum Gasteiger partial charge on any atom is -0.494 e. The van der Waals surface area contributed by atoms with Gasteiger partial charge in [-0.1, -0.05) is 0 Å². The number of primary sulfonamides is 1. The highest BCUT2D eigenvalue weighted by Crippen LogP contribution is 2.25. The second kappa shape index (κ2) is 11.4. The van der Waals surface area contributed by atoms with Crippen LogP contribution in [0.1, 0.15) is 24.0 Å². The fraction of sp³-hybridized carbons (Fsp3) is 0.529. The number of carbonyl (C=O) groups is 2. The quantitative estimate of drug-likeness (QED) is 0.175. The van der Waals surface area contributed by atoms with Crippen molar-refractivity contribution in [2.24, 2.45) is 10.9 Å². The molecular formula is C17H28N4O8S2. The monoisotopic (exact) mass is 480 g/mol. The lowest BCUT2D eigenvalue weighted by molar-refractivity contribution is -0.123. The van der Waals surface area contributed by atoms with Crippen molar-refractivity contribution in [3.8, 4) is 5.75 Å². The van der Waals surface area contributed by atoms with E-state index in [1.165, 1.54) is 0 Å². The molecule has 0 spiro atoms. The minimum atomic E-state index is -4.36. The van der Waals surface area contributed by atoms with Gasteiger partial charge in [-0.2, -0.15) is 8.42 Å². The zero-order valence-corrected chi connectivity index (χ0v) is 18.9. The molecule has 0 aliphatic rings. The zero-order valence-electron chi connectivity index (χ0n) is 17.3. The second-order valence-corrected chi connectivity index (χ2v) is 9.87. The van der Waals surface area contributed by atoms with Crippen LogP contribution in [0.3, 0.4) is 0 Å². The number of benzene rings is 1. The third kappa shape index (κ3) is 10.1. The largest absolute Gasteiger partial charge is 0.494 e. The molecule has 7 N–H and O–H groups in total. The lowest BCUT2D eigenvalue weighted by Crippen LogP contribution is -2.46. The number of ether oxygens (including phenoxy) is 1. The number of sulfonamides is 1. The standard InChI is InChI=1S/C17H28N4O8S2/c1-11-8-13(9-12(2)16(11)31(19,27)28)29-7-3-4-15(22)20-5-6-21-17(23)14(18)10-30(24,25)26/h8-9,14H,3-7,10,18H2,1-2H3,(H,20,22)(H,21,23)(H2,19,27,28)(H,24,25,26)/t14-/m0/s1. The molecule has 0 aromatic heterocycles. The summed E-state index contributed by atoms with van der Waals surface area (Å²) in [6.07, 6.45) is 0.551. The molecule has 0 radical (unpaired) electrons. The molecule has 31 heavy (non-hydrogen) atoms. The Hall–Kier alpha value is -2.26. The molecule has 0 saturated carbocycles. The number of aryl methyl sites for hydroxylation is 2. The van der Waals surface area contributed by atoms with E-state index in [2.05, 4.69) is 10.6 Å². The van der Waals surface area contributed by atoms with E-state index in [-0.39, 0.29) is 36.9 Å². The van der Waals surface area contributed by atoms with Gasteiger partial charge in [0.2, 0.25) is 21.8 Å². The summed E-state index contributed by atoms with van der Waals surface area (Å²) in [5.74, 6) is -1.47. The smallest absolute Gasteiger partial charge is 0.266 e. The first-order valence-corrected chi connectivity index (χ1v) is 12.4. The number of hydrogen-bond acceptors (Lipinski definition) is 8. The third-order valence-corrected chi connectivity index (χ3v) is 6.00. The third-order valence-electron chi connectivity index (χ3n) is 4.01. The van der Waals surface area contributed by atoms with Crippen molar-refractivity contribution < 1.29 is 35.7 Å². The maximum atomic E-state index is 11.8. The van der Waals surface area contributed by atoms with Crippen molar-refractivity contribution in [1.29, 1.82) is 0 Å². The SMILES string of the molecule is Cc1cc(OCCCC(=O)NCCNC(=O)[C@@H](N)CS(=O)(=O)O)cc(C)c1S(N)(=O)=O. The summed E-state index contributed by atoms with van der Waals surface area (Å²) in [5, 5.41) is 10.1. The Morgan fingerprint density at radius 1 is 1.10 bits per heavy atom. The number of nitrogens with two attached hydrogens (primary N) is 2. The zero-order chi connectivity index (χ0) is 23.8. The van der Waals surface area contributed by atoms with Crippen LogP contribution in [0.15, 0.2) is 17.0 Å². The lowest BCUT2D eigenvalue weighted by atomic mass is 10.1. The van der Waals surface area contributed by atoms with E-state index in [9.17, 15) is 26.4 Å². The van der Waals surface area contributed by atoms with Crippen LogP contribution in [0.25, 0.3) is 0 Å². The summed E-state index contributed by atoms with van der Waals surface area (Å²) in [6.45, 7) is 3.59. The Bertz CT molecular complexity index is 986. The van der Waals surface area contributed by atoms with Gasteiger partial charge in [-0.05, 0) is 43.5 Å². The Morgan fingerprint density at radius 2 is 1.65 bits per heavy atom. The van der Waals surface area contributed by atoms with Crippen molar-refractivity contribution in [1.82, 2.24) is 10.6 Å². The van der Waals surface area contributed by atoms with Crippen LogP contribution in [-0.4, -0.2) is 64.7 Å². The molecule has 1 aromatic rings. The van der Waals surface area contributed by atoms with Crippen molar-refractivity contribution >= 4 is 32.0 Å². The van der Waals surface area contributed by atoms with E-state index < -0.39 is 37.8 Å². The van der Waals surface area contributed by atoms with Gasteiger partial charge in [0.1, 0.15) is 11.8 Å². The maximum absolute atomic E-state index is 11.8. The van der Waals surface area contributed by atoms with E-state index in [1.54, 1.807) is 26.0 Å². The summed E-state index contributed by atoms with van der Waals surface area (Å²) in [7, 11) is -8.19. The van der Waals surface area contributed by atoms with Gasteiger partial charge in [0, 0.05) is 19.5 Å². The topological polar surface area (TPSA) is 208 Å². The van der Waals surface area contributed by atoms with Crippen LogP contribution in [-0.2, 0) is 29.7 Å². The van der Waals surface area contributed by atoms with E-state index in [4.69, 9.17) is 20.2 Å². The van der Waals surface area contributed by atoms with Crippen molar-refractivity contribution in [3.05, 3.63) is 23.3 Å². The Morgan fingerprint density at radius 3 is 2.16 bits per heavy atom. The molecular weight excluding hydrogens is 452 g/mol. The highest BCUT2D eigenvalue weighted by Gasteiger charge is 2.19. The molecule has 0 bridgehead atoms. The van der Waals surface area contributed by atoms with Gasteiger partial charge >= 0.3 is 0 Å². The molecule has 0 heterocycles. The normalized spacial score (nSPS) is 12.8. The van der Waals surface area contributed by atoms with Crippen LogP contribution in [0.2, 0.25) is 0 Å². The first kappa shape index (κ1) is 26.8. The summed E-state index contributed by atoms with van der Waals surface area (Å²) in [6, 6.07) is 1.71. The molecule has 1 aromatic carbocycles. The molecule has 2 amide bonds. The fourth-order valence-corrected chi connectivity index (χ4v) is 4.40. The maximum Gasteiger partial charge on any atom is 0.266 e. The fourth-order valence-electron chi connectivity index (χ4n) is 2.78. The van der Waals surface area contributed by atoms with E-state index >= 15 is 0 Å². The summed E-state index contributed by atoms with van der Waals surface area (Å²) < 4.78 is 58.7. The van der Waals surface area contributed by atoms with Crippen LogP contribution in [0.4, 0.5) is 0 Å². The molecule has 176 valence electrons. The van der Waals surface area contributed by atoms with Gasteiger partial charge < -0.3 is 21.1 Å². The van der Waals surface area contributed by atoms with Gasteiger partial charge in [-0.3, -0.25) is 14.1 Å². The Balaban J connectivity index is 2.31. The van der Waals surface area contributed by atoms with Crippen molar-refractivity contribution in [3.63, 3.8) is 0 Å². The first-order chi connectivity index (χ1) is 14.2. The van der Waals surface area contributed by atoms with Gasteiger partial charge in [0.05, 0.1) is 17.3 Å². The molecule has 1 rings (SSSR count). The molecule has 0 unspecified atom stereocenters. The van der Waals surface area contributed by atoms with Gasteiger partial charge in [0.25, 0.3) is 10.1 Å². The number of amides is 2. The minimum absolute atomic E-state index is 0.0369. The van der Waals surface area contributed by atoms with Gasteiger partial charge in [-0.15, -0.1) is 0 Å². The number of rotatable bonds is 12. The molecule has 14 heteroatoms. The highest BCUT2D eigenvalue weighted by atomic mass is 32.2. The predicted octanol–water partition coefficient (Wildman–Crippen LogP) is -1.44. The number of hydrogen-bond donors (Lipinski definition) is 5. The molecule has 0 saturated heterocycles. The molecule has 0 fully saturated rings. The second-order valence-electron chi connectivity index (χ2n) is 6.88. The first-order valence-electron chi connectivity index (χ1n) is 9.22. The van der Waals surface area contributed by atoms with Crippen molar-refractivity contribution in [2.75, 3.05) is 25.4 Å². The Labute approximate surface area is 181 Å². The summed E-state index contributed by atoms with van der Waals surface area (Å²) in [4.78, 5) is 23.4. The Kier molecular flexibility index (Phi) is 9.83. The van der Waals surface area contributed by atoms with Crippen LogP contribution in [0.5, 0.6) is 5.75 Å². The lowest BCUT2D eigenvalue weighted by Gasteiger charge is -2.12. The molecule has 0 aliphatic carbocycles. The van der Waals surface area contributed by atoms with Gasteiger partial charge in [-0.25, -0.2) is 13.6 Å². The summed E-state index contributed by atoms with van der Waals surface area (Å²) in [5.41, 5.74) is 6.27. The number of carbonyl (C=O) groups excluding carboxylic acids is 2. The van der Waals surface area contributed by atoms with E-state index in [0.29, 0.717) is 23.3 Å². The molecule has 1 atom stereocenters. The highest BCUT2D eigenvalue weighted by molar-refractivity contribution is 7.89.